The molecule has 3 nitrogen and oxygen atoms in total. The lowest BCUT2D eigenvalue weighted by molar-refractivity contribution is -0.145. The van der Waals surface area contributed by atoms with Gasteiger partial charge in [0, 0.05) is 6.42 Å². The van der Waals surface area contributed by atoms with Gasteiger partial charge in [0.25, 0.3) is 0 Å². The van der Waals surface area contributed by atoms with Gasteiger partial charge in [-0.2, -0.15) is 0 Å². The van der Waals surface area contributed by atoms with Crippen LogP contribution in [0.3, 0.4) is 0 Å². The Balaban J connectivity index is 1.18. The van der Waals surface area contributed by atoms with Gasteiger partial charge in [0.05, 0.1) is 6.10 Å². The molecule has 0 radical (unpaired) electrons. The zero-order chi connectivity index (χ0) is 23.9. The zero-order valence-electron chi connectivity index (χ0n) is 21.7. The van der Waals surface area contributed by atoms with Gasteiger partial charge in [-0.15, -0.1) is 0 Å². The standard InChI is InChI=1S/C31H46O3/c1-21(9-14-29(33)34-20-22-7-5-4-6-8-22)26-12-13-27-25-11-10-23-19-24(32)15-17-30(23,2)28(25)16-18-31(26,27)3/h4-8,21,23-28,32H,9-20H2,1-3H3/t21-,23-,24-,25+,26-,27+,28+,30+,31-/m1/s1. The molecule has 0 bridgehead atoms. The maximum absolute atomic E-state index is 12.4. The highest BCUT2D eigenvalue weighted by Crippen LogP contribution is 2.68. The van der Waals surface area contributed by atoms with E-state index < -0.39 is 0 Å². The summed E-state index contributed by atoms with van der Waals surface area (Å²) < 4.78 is 5.56. The van der Waals surface area contributed by atoms with Crippen LogP contribution in [0, 0.1) is 46.3 Å². The Morgan fingerprint density at radius 3 is 2.53 bits per heavy atom. The van der Waals surface area contributed by atoms with Crippen LogP contribution in [0.4, 0.5) is 0 Å². The largest absolute Gasteiger partial charge is 0.461 e. The summed E-state index contributed by atoms with van der Waals surface area (Å²) in [6, 6.07) is 9.98. The van der Waals surface area contributed by atoms with Crippen LogP contribution >= 0.6 is 0 Å². The first kappa shape index (κ1) is 24.3. The number of aliphatic hydroxyl groups is 1. The van der Waals surface area contributed by atoms with Gasteiger partial charge >= 0.3 is 5.97 Å². The summed E-state index contributed by atoms with van der Waals surface area (Å²) in [4.78, 5) is 12.4. The van der Waals surface area contributed by atoms with E-state index in [2.05, 4.69) is 20.8 Å². The van der Waals surface area contributed by atoms with E-state index in [9.17, 15) is 9.90 Å². The van der Waals surface area contributed by atoms with Crippen molar-refractivity contribution in [2.24, 2.45) is 46.3 Å². The summed E-state index contributed by atoms with van der Waals surface area (Å²) in [5.74, 6) is 4.59. The molecule has 0 aliphatic heterocycles. The molecule has 4 aliphatic carbocycles. The van der Waals surface area contributed by atoms with Crippen LogP contribution in [0.25, 0.3) is 0 Å². The molecule has 0 spiro atoms. The van der Waals surface area contributed by atoms with Crippen molar-refractivity contribution in [3.05, 3.63) is 35.9 Å². The van der Waals surface area contributed by atoms with E-state index in [0.717, 1.165) is 54.4 Å². The molecule has 4 saturated carbocycles. The third-order valence-electron chi connectivity index (χ3n) is 11.4. The molecule has 0 aromatic heterocycles. The first-order chi connectivity index (χ1) is 16.3. The molecule has 1 aromatic rings. The Kier molecular flexibility index (Phi) is 6.88. The van der Waals surface area contributed by atoms with Crippen molar-refractivity contribution in [3.63, 3.8) is 0 Å². The normalized spacial score (nSPS) is 42.2. The van der Waals surface area contributed by atoms with Crippen molar-refractivity contribution in [2.45, 2.75) is 104 Å². The summed E-state index contributed by atoms with van der Waals surface area (Å²) in [6.07, 6.45) is 12.9. The number of esters is 1. The number of carbonyl (C=O) groups is 1. The van der Waals surface area contributed by atoms with Crippen LogP contribution in [0.15, 0.2) is 30.3 Å². The molecule has 4 fully saturated rings. The molecule has 1 aromatic carbocycles. The molecule has 34 heavy (non-hydrogen) atoms. The van der Waals surface area contributed by atoms with E-state index in [1.54, 1.807) is 0 Å². The van der Waals surface area contributed by atoms with Gasteiger partial charge in [-0.25, -0.2) is 0 Å². The van der Waals surface area contributed by atoms with Crippen molar-refractivity contribution < 1.29 is 14.6 Å². The summed E-state index contributed by atoms with van der Waals surface area (Å²) in [6.45, 7) is 7.97. The average molecular weight is 467 g/mol. The first-order valence-corrected chi connectivity index (χ1v) is 14.2. The number of hydrogen-bond acceptors (Lipinski definition) is 3. The minimum absolute atomic E-state index is 0.0511. The lowest BCUT2D eigenvalue weighted by Crippen LogP contribution is -2.54. The molecule has 0 amide bonds. The lowest BCUT2D eigenvalue weighted by atomic mass is 9.44. The molecule has 5 rings (SSSR count). The number of aliphatic hydroxyl groups excluding tert-OH is 1. The third kappa shape index (κ3) is 4.36. The van der Waals surface area contributed by atoms with Gasteiger partial charge in [0.2, 0.25) is 0 Å². The van der Waals surface area contributed by atoms with E-state index >= 15 is 0 Å². The number of fused-ring (bicyclic) bond motifs is 5. The van der Waals surface area contributed by atoms with Gasteiger partial charge in [0.15, 0.2) is 0 Å². The highest BCUT2D eigenvalue weighted by Gasteiger charge is 2.60. The molecule has 1 N–H and O–H groups in total. The fourth-order valence-corrected chi connectivity index (χ4v) is 9.57. The third-order valence-corrected chi connectivity index (χ3v) is 11.4. The van der Waals surface area contributed by atoms with Crippen molar-refractivity contribution in [2.75, 3.05) is 0 Å². The number of hydrogen-bond donors (Lipinski definition) is 1. The summed E-state index contributed by atoms with van der Waals surface area (Å²) in [5.41, 5.74) is 1.95. The molecule has 9 atom stereocenters. The minimum Gasteiger partial charge on any atom is -0.461 e. The molecule has 0 heterocycles. The van der Waals surface area contributed by atoms with E-state index in [4.69, 9.17) is 4.74 Å². The maximum Gasteiger partial charge on any atom is 0.306 e. The average Bonchev–Trinajstić information content (AvgIpc) is 3.19. The highest BCUT2D eigenvalue weighted by molar-refractivity contribution is 5.69. The van der Waals surface area contributed by atoms with Crippen LogP contribution < -0.4 is 0 Å². The second-order valence-electron chi connectivity index (χ2n) is 13.0. The van der Waals surface area contributed by atoms with Crippen molar-refractivity contribution in [3.8, 4) is 0 Å². The molecule has 188 valence electrons. The Morgan fingerprint density at radius 2 is 1.74 bits per heavy atom. The van der Waals surface area contributed by atoms with E-state index in [0.29, 0.717) is 29.8 Å². The number of benzene rings is 1. The first-order valence-electron chi connectivity index (χ1n) is 14.2. The van der Waals surface area contributed by atoms with Crippen molar-refractivity contribution >= 4 is 5.97 Å². The zero-order valence-corrected chi connectivity index (χ0v) is 21.7. The molecule has 0 unspecified atom stereocenters. The summed E-state index contributed by atoms with van der Waals surface area (Å²) >= 11 is 0. The molecule has 3 heteroatoms. The smallest absolute Gasteiger partial charge is 0.306 e. The van der Waals surface area contributed by atoms with E-state index in [1.807, 2.05) is 30.3 Å². The Morgan fingerprint density at radius 1 is 1.00 bits per heavy atom. The molecular weight excluding hydrogens is 420 g/mol. The fraction of sp³-hybridized carbons (Fsp3) is 0.774. The SMILES string of the molecule is C[C@H](CCC(=O)OCc1ccccc1)[C@H]1CC[C@H]2[C@@H]3CC[C@@H]4C[C@H](O)CC[C@]4(C)[C@H]3CC[C@]12C. The van der Waals surface area contributed by atoms with Crippen molar-refractivity contribution in [1.82, 2.24) is 0 Å². The minimum atomic E-state index is -0.0559. The maximum atomic E-state index is 12.4. The second-order valence-corrected chi connectivity index (χ2v) is 13.0. The number of ether oxygens (including phenoxy) is 1. The van der Waals surface area contributed by atoms with Crippen LogP contribution in [0.1, 0.15) is 97.0 Å². The van der Waals surface area contributed by atoms with Crippen LogP contribution in [0.5, 0.6) is 0 Å². The predicted octanol–water partition coefficient (Wildman–Crippen LogP) is 7.17. The van der Waals surface area contributed by atoms with Crippen molar-refractivity contribution in [1.29, 1.82) is 0 Å². The van der Waals surface area contributed by atoms with Crippen LogP contribution in [-0.2, 0) is 16.1 Å². The Labute approximate surface area is 207 Å². The fourth-order valence-electron chi connectivity index (χ4n) is 9.57. The monoisotopic (exact) mass is 466 g/mol. The summed E-state index contributed by atoms with van der Waals surface area (Å²) in [7, 11) is 0. The van der Waals surface area contributed by atoms with E-state index in [1.165, 1.54) is 44.9 Å². The predicted molar refractivity (Wildman–Crippen MR) is 136 cm³/mol. The van der Waals surface area contributed by atoms with Gasteiger partial charge in [0.1, 0.15) is 6.61 Å². The van der Waals surface area contributed by atoms with Crippen LogP contribution in [-0.4, -0.2) is 17.2 Å². The number of carbonyl (C=O) groups excluding carboxylic acids is 1. The molecule has 4 aliphatic rings. The van der Waals surface area contributed by atoms with Crippen LogP contribution in [0.2, 0.25) is 0 Å². The molecule has 0 saturated heterocycles. The lowest BCUT2D eigenvalue weighted by Gasteiger charge is -2.61. The highest BCUT2D eigenvalue weighted by atomic mass is 16.5. The Bertz CT molecular complexity index is 851. The topological polar surface area (TPSA) is 46.5 Å². The van der Waals surface area contributed by atoms with Gasteiger partial charge in [-0.3, -0.25) is 4.79 Å². The van der Waals surface area contributed by atoms with E-state index in [-0.39, 0.29) is 12.1 Å². The Hall–Kier alpha value is -1.35. The summed E-state index contributed by atoms with van der Waals surface area (Å²) in [5, 5.41) is 10.3. The van der Waals surface area contributed by atoms with Gasteiger partial charge in [-0.05, 0) is 116 Å². The molecular formula is C31H46O3. The quantitative estimate of drug-likeness (QED) is 0.452. The second kappa shape index (κ2) is 9.60. The number of rotatable bonds is 6. The van der Waals surface area contributed by atoms with Gasteiger partial charge < -0.3 is 9.84 Å². The van der Waals surface area contributed by atoms with Gasteiger partial charge in [-0.1, -0.05) is 51.1 Å².